The van der Waals surface area contributed by atoms with E-state index in [4.69, 9.17) is 4.52 Å². The zero-order valence-corrected chi connectivity index (χ0v) is 15.8. The van der Waals surface area contributed by atoms with Gasteiger partial charge >= 0.3 is 0 Å². The Morgan fingerprint density at radius 2 is 1.86 bits per heavy atom. The van der Waals surface area contributed by atoms with E-state index in [-0.39, 0.29) is 11.5 Å². The molecule has 0 aliphatic rings. The zero-order valence-electron chi connectivity index (χ0n) is 15.8. The molecule has 4 rings (SSSR count). The van der Waals surface area contributed by atoms with Gasteiger partial charge in [-0.15, -0.1) is 0 Å². The molecular weight excluding hydrogens is 354 g/mol. The summed E-state index contributed by atoms with van der Waals surface area (Å²) in [6.45, 7) is 5.61. The lowest BCUT2D eigenvalue weighted by atomic mass is 10.0. The average Bonchev–Trinajstić information content (AvgIpc) is 3.10. The first-order chi connectivity index (χ1) is 13.4. The number of nitrogens with one attached hydrogen (secondary N) is 1. The van der Waals surface area contributed by atoms with Crippen molar-refractivity contribution < 1.29 is 9.32 Å². The van der Waals surface area contributed by atoms with Crippen LogP contribution in [0.3, 0.4) is 0 Å². The minimum Gasteiger partial charge on any atom is -0.360 e. The standard InChI is InChI=1S/C22H19N3O3/c1-13-7-8-14(2)18(11-13)21(26)23-19-6-4-5-17-16(19)9-10-25(22(17)27)20-12-15(3)28-24-20/h4-12H,1-3H3,(H,23,26). The molecule has 6 heteroatoms. The Balaban J connectivity index is 1.76. The van der Waals surface area contributed by atoms with Gasteiger partial charge in [0.15, 0.2) is 5.82 Å². The summed E-state index contributed by atoms with van der Waals surface area (Å²) in [7, 11) is 0. The molecule has 0 spiro atoms. The van der Waals surface area contributed by atoms with Gasteiger partial charge in [-0.1, -0.05) is 28.9 Å². The second kappa shape index (κ2) is 6.81. The molecule has 0 radical (unpaired) electrons. The summed E-state index contributed by atoms with van der Waals surface area (Å²) in [6, 6.07) is 14.5. The van der Waals surface area contributed by atoms with Crippen LogP contribution in [0.5, 0.6) is 0 Å². The van der Waals surface area contributed by atoms with Gasteiger partial charge in [0.1, 0.15) is 5.76 Å². The molecule has 2 aromatic heterocycles. The molecule has 6 nitrogen and oxygen atoms in total. The van der Waals surface area contributed by atoms with Crippen molar-refractivity contribution in [2.24, 2.45) is 0 Å². The maximum absolute atomic E-state index is 12.9. The van der Waals surface area contributed by atoms with Crippen molar-refractivity contribution in [1.82, 2.24) is 9.72 Å². The van der Waals surface area contributed by atoms with E-state index in [1.54, 1.807) is 43.5 Å². The molecule has 0 saturated heterocycles. The molecule has 1 amide bonds. The molecule has 0 fully saturated rings. The highest BCUT2D eigenvalue weighted by atomic mass is 16.5. The zero-order chi connectivity index (χ0) is 19.8. The number of amides is 1. The predicted octanol–water partition coefficient (Wildman–Crippen LogP) is 4.16. The van der Waals surface area contributed by atoms with E-state index in [1.165, 1.54) is 4.57 Å². The van der Waals surface area contributed by atoms with Crippen LogP contribution >= 0.6 is 0 Å². The fourth-order valence-corrected chi connectivity index (χ4v) is 3.20. The van der Waals surface area contributed by atoms with Crippen LogP contribution in [0.4, 0.5) is 5.69 Å². The number of anilines is 1. The van der Waals surface area contributed by atoms with Crippen molar-refractivity contribution in [3.05, 3.63) is 87.5 Å². The Bertz CT molecular complexity index is 1270. The molecule has 28 heavy (non-hydrogen) atoms. The molecule has 0 bridgehead atoms. The van der Waals surface area contributed by atoms with Crippen LogP contribution < -0.4 is 10.9 Å². The highest BCUT2D eigenvalue weighted by molar-refractivity contribution is 6.09. The van der Waals surface area contributed by atoms with E-state index in [1.807, 2.05) is 32.0 Å². The van der Waals surface area contributed by atoms with E-state index in [2.05, 4.69) is 10.5 Å². The van der Waals surface area contributed by atoms with Gasteiger partial charge in [-0.3, -0.25) is 14.2 Å². The molecule has 0 unspecified atom stereocenters. The molecule has 0 saturated carbocycles. The van der Waals surface area contributed by atoms with Gasteiger partial charge < -0.3 is 9.84 Å². The van der Waals surface area contributed by atoms with E-state index in [9.17, 15) is 9.59 Å². The van der Waals surface area contributed by atoms with Crippen LogP contribution in [0.1, 0.15) is 27.2 Å². The monoisotopic (exact) mass is 373 g/mol. The summed E-state index contributed by atoms with van der Waals surface area (Å²) in [5.41, 5.74) is 2.88. The highest BCUT2D eigenvalue weighted by Crippen LogP contribution is 2.23. The number of carbonyl (C=O) groups excluding carboxylic acids is 1. The third-order valence-corrected chi connectivity index (χ3v) is 4.69. The van der Waals surface area contributed by atoms with Crippen molar-refractivity contribution in [3.63, 3.8) is 0 Å². The molecule has 140 valence electrons. The topological polar surface area (TPSA) is 77.1 Å². The largest absolute Gasteiger partial charge is 0.360 e. The number of nitrogens with zero attached hydrogens (tertiary/aromatic N) is 2. The second-order valence-corrected chi connectivity index (χ2v) is 6.83. The smallest absolute Gasteiger partial charge is 0.264 e. The Morgan fingerprint density at radius 3 is 2.61 bits per heavy atom. The van der Waals surface area contributed by atoms with Gasteiger partial charge in [-0.25, -0.2) is 0 Å². The Hall–Kier alpha value is -3.67. The number of benzene rings is 2. The quantitative estimate of drug-likeness (QED) is 0.585. The lowest BCUT2D eigenvalue weighted by Crippen LogP contribution is -2.19. The van der Waals surface area contributed by atoms with Crippen LogP contribution in [-0.4, -0.2) is 15.6 Å². The van der Waals surface area contributed by atoms with Crippen LogP contribution in [0.25, 0.3) is 16.6 Å². The van der Waals surface area contributed by atoms with Crippen LogP contribution in [-0.2, 0) is 0 Å². The number of pyridine rings is 1. The molecule has 4 aromatic rings. The maximum atomic E-state index is 12.9. The molecule has 0 aliphatic heterocycles. The fraction of sp³-hybridized carbons (Fsp3) is 0.136. The van der Waals surface area contributed by atoms with Crippen molar-refractivity contribution in [2.75, 3.05) is 5.32 Å². The third-order valence-electron chi connectivity index (χ3n) is 4.69. The number of aryl methyl sites for hydroxylation is 3. The van der Waals surface area contributed by atoms with Gasteiger partial charge in [0.05, 0.1) is 0 Å². The summed E-state index contributed by atoms with van der Waals surface area (Å²) in [4.78, 5) is 25.7. The van der Waals surface area contributed by atoms with Crippen molar-refractivity contribution in [1.29, 1.82) is 0 Å². The predicted molar refractivity (Wildman–Crippen MR) is 108 cm³/mol. The number of aromatic nitrogens is 2. The minimum absolute atomic E-state index is 0.204. The summed E-state index contributed by atoms with van der Waals surface area (Å²) >= 11 is 0. The first-order valence-electron chi connectivity index (χ1n) is 8.91. The second-order valence-electron chi connectivity index (χ2n) is 6.83. The van der Waals surface area contributed by atoms with E-state index in [0.29, 0.717) is 33.6 Å². The van der Waals surface area contributed by atoms with Gasteiger partial charge in [0, 0.05) is 34.3 Å². The lowest BCUT2D eigenvalue weighted by molar-refractivity contribution is 0.102. The highest BCUT2D eigenvalue weighted by Gasteiger charge is 2.14. The molecule has 0 aliphatic carbocycles. The van der Waals surface area contributed by atoms with Crippen molar-refractivity contribution >= 4 is 22.4 Å². The van der Waals surface area contributed by atoms with E-state index in [0.717, 1.165) is 11.1 Å². The summed E-state index contributed by atoms with van der Waals surface area (Å²) in [5, 5.41) is 8.00. The van der Waals surface area contributed by atoms with Crippen molar-refractivity contribution in [3.8, 4) is 5.82 Å². The number of rotatable bonds is 3. The van der Waals surface area contributed by atoms with Gasteiger partial charge in [0.2, 0.25) is 0 Å². The molecular formula is C22H19N3O3. The molecule has 0 atom stereocenters. The first-order valence-corrected chi connectivity index (χ1v) is 8.91. The average molecular weight is 373 g/mol. The van der Waals surface area contributed by atoms with Gasteiger partial charge in [-0.2, -0.15) is 0 Å². The first kappa shape index (κ1) is 17.7. The van der Waals surface area contributed by atoms with Crippen molar-refractivity contribution in [2.45, 2.75) is 20.8 Å². The summed E-state index contributed by atoms with van der Waals surface area (Å²) in [5.74, 6) is 0.843. The Labute approximate surface area is 161 Å². The summed E-state index contributed by atoms with van der Waals surface area (Å²) < 4.78 is 6.49. The Kier molecular flexibility index (Phi) is 4.31. The molecule has 2 aromatic carbocycles. The van der Waals surface area contributed by atoms with E-state index < -0.39 is 0 Å². The van der Waals surface area contributed by atoms with Gasteiger partial charge in [0.25, 0.3) is 11.5 Å². The number of carbonyl (C=O) groups is 1. The fourth-order valence-electron chi connectivity index (χ4n) is 3.20. The van der Waals surface area contributed by atoms with E-state index >= 15 is 0 Å². The number of hydrogen-bond acceptors (Lipinski definition) is 4. The maximum Gasteiger partial charge on any atom is 0.264 e. The SMILES string of the molecule is Cc1ccc(C)c(C(=O)Nc2cccc3c(=O)n(-c4cc(C)on4)ccc23)c1. The molecule has 2 heterocycles. The summed E-state index contributed by atoms with van der Waals surface area (Å²) in [6.07, 6.45) is 1.63. The number of fused-ring (bicyclic) bond motifs is 1. The Morgan fingerprint density at radius 1 is 1.04 bits per heavy atom. The van der Waals surface area contributed by atoms with Gasteiger partial charge in [-0.05, 0) is 50.6 Å². The lowest BCUT2D eigenvalue weighted by Gasteiger charge is -2.11. The van der Waals surface area contributed by atoms with Crippen LogP contribution in [0.2, 0.25) is 0 Å². The normalized spacial score (nSPS) is 11.0. The molecule has 1 N–H and O–H groups in total. The minimum atomic E-state index is -0.228. The number of hydrogen-bond donors (Lipinski definition) is 1. The third kappa shape index (κ3) is 3.09. The van der Waals surface area contributed by atoms with Crippen LogP contribution in [0, 0.1) is 20.8 Å². The van der Waals surface area contributed by atoms with Crippen LogP contribution in [0.15, 0.2) is 64.0 Å².